The second-order valence-corrected chi connectivity index (χ2v) is 4.86. The molecule has 0 aromatic carbocycles. The van der Waals surface area contributed by atoms with Crippen LogP contribution >= 0.6 is 0 Å². The van der Waals surface area contributed by atoms with E-state index in [1.807, 2.05) is 0 Å². The van der Waals surface area contributed by atoms with Gasteiger partial charge in [-0.15, -0.1) is 0 Å². The average Bonchev–Trinajstić information content (AvgIpc) is 2.32. The van der Waals surface area contributed by atoms with Crippen molar-refractivity contribution in [2.24, 2.45) is 0 Å². The number of hydrogen-bond donors (Lipinski definition) is 1. The van der Waals surface area contributed by atoms with E-state index in [2.05, 4.69) is 22.0 Å². The van der Waals surface area contributed by atoms with Crippen LogP contribution in [-0.4, -0.2) is 61.7 Å². The van der Waals surface area contributed by atoms with E-state index in [9.17, 15) is 0 Å². The Kier molecular flexibility index (Phi) is 4.42. The number of piperazine rings is 1. The van der Waals surface area contributed by atoms with Gasteiger partial charge in [-0.25, -0.2) is 0 Å². The Morgan fingerprint density at radius 2 is 1.73 bits per heavy atom. The van der Waals surface area contributed by atoms with Gasteiger partial charge in [0, 0.05) is 32.2 Å². The van der Waals surface area contributed by atoms with Gasteiger partial charge in [-0.05, 0) is 38.9 Å². The second kappa shape index (κ2) is 5.83. The van der Waals surface area contributed by atoms with Crippen molar-refractivity contribution in [2.75, 3.05) is 45.8 Å². The fourth-order valence-electron chi connectivity index (χ4n) is 2.87. The van der Waals surface area contributed by atoms with E-state index in [0.717, 1.165) is 6.04 Å². The summed E-state index contributed by atoms with van der Waals surface area (Å²) in [6, 6.07) is 0.875. The molecule has 0 aromatic rings. The van der Waals surface area contributed by atoms with Crippen LogP contribution in [0.2, 0.25) is 0 Å². The van der Waals surface area contributed by atoms with E-state index in [1.165, 1.54) is 65.1 Å². The molecule has 0 aromatic heterocycles. The monoisotopic (exact) mass is 211 g/mol. The van der Waals surface area contributed by atoms with E-state index in [1.54, 1.807) is 0 Å². The van der Waals surface area contributed by atoms with E-state index in [-0.39, 0.29) is 0 Å². The van der Waals surface area contributed by atoms with Crippen molar-refractivity contribution in [1.29, 1.82) is 0 Å². The Balaban J connectivity index is 1.72. The zero-order chi connectivity index (χ0) is 10.5. The minimum Gasteiger partial charge on any atom is -0.314 e. The number of nitrogens with one attached hydrogen (secondary N) is 1. The quantitative estimate of drug-likeness (QED) is 0.744. The molecule has 2 saturated heterocycles. The number of rotatable bonds is 3. The van der Waals surface area contributed by atoms with Crippen LogP contribution in [0.15, 0.2) is 0 Å². The number of piperidine rings is 1. The molecule has 2 heterocycles. The van der Waals surface area contributed by atoms with Gasteiger partial charge in [-0.3, -0.25) is 4.90 Å². The van der Waals surface area contributed by atoms with Crippen LogP contribution in [0, 0.1) is 0 Å². The number of hydrogen-bond acceptors (Lipinski definition) is 3. The molecule has 0 spiro atoms. The minimum absolute atomic E-state index is 0.875. The van der Waals surface area contributed by atoms with Crippen molar-refractivity contribution in [3.05, 3.63) is 0 Å². The van der Waals surface area contributed by atoms with Crippen LogP contribution in [-0.2, 0) is 0 Å². The van der Waals surface area contributed by atoms with Gasteiger partial charge in [0.05, 0.1) is 0 Å². The van der Waals surface area contributed by atoms with Crippen LogP contribution in [0.4, 0.5) is 0 Å². The predicted molar refractivity (Wildman–Crippen MR) is 64.2 cm³/mol. The summed E-state index contributed by atoms with van der Waals surface area (Å²) in [6.45, 7) is 11.1. The summed E-state index contributed by atoms with van der Waals surface area (Å²) in [7, 11) is 0. The lowest BCUT2D eigenvalue weighted by molar-refractivity contribution is 0.0980. The first-order valence-electron chi connectivity index (χ1n) is 6.57. The highest BCUT2D eigenvalue weighted by atomic mass is 15.2. The highest BCUT2D eigenvalue weighted by Crippen LogP contribution is 2.16. The largest absolute Gasteiger partial charge is 0.314 e. The topological polar surface area (TPSA) is 18.5 Å². The van der Waals surface area contributed by atoms with Crippen LogP contribution in [0.3, 0.4) is 0 Å². The standard InChI is InChI=1S/C12H25N3/c1-2-7-14-8-3-12(4-9-14)15-10-5-13-6-11-15/h12-13H,2-11H2,1H3. The van der Waals surface area contributed by atoms with Gasteiger partial charge >= 0.3 is 0 Å². The molecule has 3 nitrogen and oxygen atoms in total. The summed E-state index contributed by atoms with van der Waals surface area (Å²) in [5, 5.41) is 3.43. The van der Waals surface area contributed by atoms with Crippen molar-refractivity contribution < 1.29 is 0 Å². The van der Waals surface area contributed by atoms with Crippen LogP contribution < -0.4 is 5.32 Å². The Morgan fingerprint density at radius 3 is 2.33 bits per heavy atom. The molecule has 3 heteroatoms. The van der Waals surface area contributed by atoms with Crippen molar-refractivity contribution in [3.8, 4) is 0 Å². The van der Waals surface area contributed by atoms with E-state index in [4.69, 9.17) is 0 Å². The Labute approximate surface area is 93.8 Å². The Hall–Kier alpha value is -0.120. The molecule has 2 rings (SSSR count). The number of nitrogens with zero attached hydrogens (tertiary/aromatic N) is 2. The molecule has 0 aliphatic carbocycles. The molecule has 1 N–H and O–H groups in total. The van der Waals surface area contributed by atoms with Gasteiger partial charge in [0.25, 0.3) is 0 Å². The SMILES string of the molecule is CCCN1CCC(N2CCNCC2)CC1. The maximum atomic E-state index is 3.43. The molecule has 0 amide bonds. The summed E-state index contributed by atoms with van der Waals surface area (Å²) < 4.78 is 0. The van der Waals surface area contributed by atoms with Crippen LogP contribution in [0.5, 0.6) is 0 Å². The van der Waals surface area contributed by atoms with Gasteiger partial charge in [0.2, 0.25) is 0 Å². The summed E-state index contributed by atoms with van der Waals surface area (Å²) in [5.41, 5.74) is 0. The summed E-state index contributed by atoms with van der Waals surface area (Å²) in [4.78, 5) is 5.32. The van der Waals surface area contributed by atoms with Crippen molar-refractivity contribution in [2.45, 2.75) is 32.2 Å². The third-order valence-corrected chi connectivity index (χ3v) is 3.76. The molecule has 0 bridgehead atoms. The highest BCUT2D eigenvalue weighted by molar-refractivity contribution is 4.82. The fraction of sp³-hybridized carbons (Fsp3) is 1.00. The first kappa shape index (κ1) is 11.4. The molecular formula is C12H25N3. The van der Waals surface area contributed by atoms with Crippen LogP contribution in [0.25, 0.3) is 0 Å². The molecule has 0 atom stereocenters. The first-order chi connectivity index (χ1) is 7.40. The van der Waals surface area contributed by atoms with E-state index < -0.39 is 0 Å². The molecule has 2 aliphatic rings. The van der Waals surface area contributed by atoms with Gasteiger partial charge in [-0.1, -0.05) is 6.92 Å². The summed E-state index contributed by atoms with van der Waals surface area (Å²) in [5.74, 6) is 0. The average molecular weight is 211 g/mol. The first-order valence-corrected chi connectivity index (χ1v) is 6.57. The third kappa shape index (κ3) is 3.16. The molecule has 2 fully saturated rings. The zero-order valence-electron chi connectivity index (χ0n) is 10.0. The lowest BCUT2D eigenvalue weighted by Crippen LogP contribution is -2.52. The highest BCUT2D eigenvalue weighted by Gasteiger charge is 2.24. The Bertz CT molecular complexity index is 170. The predicted octanol–water partition coefficient (Wildman–Crippen LogP) is 0.766. The summed E-state index contributed by atoms with van der Waals surface area (Å²) >= 11 is 0. The number of likely N-dealkylation sites (tertiary alicyclic amines) is 1. The lowest BCUT2D eigenvalue weighted by atomic mass is 10.0. The van der Waals surface area contributed by atoms with Gasteiger partial charge in [0.1, 0.15) is 0 Å². The van der Waals surface area contributed by atoms with Gasteiger partial charge in [-0.2, -0.15) is 0 Å². The van der Waals surface area contributed by atoms with Crippen molar-refractivity contribution >= 4 is 0 Å². The smallest absolute Gasteiger partial charge is 0.0121 e. The van der Waals surface area contributed by atoms with E-state index in [0.29, 0.717) is 0 Å². The van der Waals surface area contributed by atoms with E-state index >= 15 is 0 Å². The molecule has 0 saturated carbocycles. The Morgan fingerprint density at radius 1 is 1.07 bits per heavy atom. The minimum atomic E-state index is 0.875. The maximum Gasteiger partial charge on any atom is 0.0121 e. The lowest BCUT2D eigenvalue weighted by Gasteiger charge is -2.40. The van der Waals surface area contributed by atoms with Crippen molar-refractivity contribution in [1.82, 2.24) is 15.1 Å². The molecule has 0 unspecified atom stereocenters. The molecule has 15 heavy (non-hydrogen) atoms. The van der Waals surface area contributed by atoms with Crippen LogP contribution in [0.1, 0.15) is 26.2 Å². The van der Waals surface area contributed by atoms with Gasteiger partial charge in [0.15, 0.2) is 0 Å². The normalized spacial score (nSPS) is 27.0. The third-order valence-electron chi connectivity index (χ3n) is 3.76. The fourth-order valence-corrected chi connectivity index (χ4v) is 2.87. The molecule has 2 aliphatic heterocycles. The maximum absolute atomic E-state index is 3.43. The van der Waals surface area contributed by atoms with Gasteiger partial charge < -0.3 is 10.2 Å². The summed E-state index contributed by atoms with van der Waals surface area (Å²) in [6.07, 6.45) is 4.08. The van der Waals surface area contributed by atoms with Crippen molar-refractivity contribution in [3.63, 3.8) is 0 Å². The molecule has 0 radical (unpaired) electrons. The molecule has 88 valence electrons. The molecular weight excluding hydrogens is 186 g/mol. The second-order valence-electron chi connectivity index (χ2n) is 4.86. The zero-order valence-corrected chi connectivity index (χ0v) is 10.0.